The number of nitrogens with zero attached hydrogens (tertiary/aromatic N) is 1. The maximum atomic E-state index is 9.98. The van der Waals surface area contributed by atoms with Crippen LogP contribution in [0, 0.1) is 13.8 Å². The van der Waals surface area contributed by atoms with Gasteiger partial charge in [-0.1, -0.05) is 32.6 Å². The number of aromatic nitrogens is 1. The van der Waals surface area contributed by atoms with Crippen LogP contribution in [0.4, 0.5) is 0 Å². The number of thiazole rings is 1. The van der Waals surface area contributed by atoms with Crippen LogP contribution >= 0.6 is 11.3 Å². The van der Waals surface area contributed by atoms with Crippen molar-refractivity contribution in [2.24, 2.45) is 0 Å². The Balaban J connectivity index is 2.39. The molecule has 0 aliphatic carbocycles. The first kappa shape index (κ1) is 12.7. The molecule has 0 radical (unpaired) electrons. The number of hydrogen-bond donors (Lipinski definition) is 1. The van der Waals surface area contributed by atoms with Crippen molar-refractivity contribution >= 4 is 11.3 Å². The van der Waals surface area contributed by atoms with E-state index in [4.69, 9.17) is 0 Å². The average molecular weight is 227 g/mol. The van der Waals surface area contributed by atoms with Gasteiger partial charge in [-0.15, -0.1) is 11.3 Å². The highest BCUT2D eigenvalue weighted by Crippen LogP contribution is 2.28. The van der Waals surface area contributed by atoms with E-state index in [9.17, 15) is 5.11 Å². The lowest BCUT2D eigenvalue weighted by atomic mass is 10.1. The molecule has 1 heterocycles. The van der Waals surface area contributed by atoms with E-state index in [1.54, 1.807) is 11.3 Å². The van der Waals surface area contributed by atoms with Gasteiger partial charge in [-0.3, -0.25) is 0 Å². The molecular formula is C12H21NOS. The summed E-state index contributed by atoms with van der Waals surface area (Å²) in [6.45, 7) is 6.17. The lowest BCUT2D eigenvalue weighted by molar-refractivity contribution is 0.166. The highest BCUT2D eigenvalue weighted by Gasteiger charge is 2.13. The van der Waals surface area contributed by atoms with Gasteiger partial charge in [0.2, 0.25) is 0 Å². The van der Waals surface area contributed by atoms with Crippen molar-refractivity contribution in [1.82, 2.24) is 4.98 Å². The van der Waals surface area contributed by atoms with Gasteiger partial charge in [-0.2, -0.15) is 0 Å². The molecule has 0 amide bonds. The molecule has 86 valence electrons. The number of hydrogen-bond acceptors (Lipinski definition) is 3. The van der Waals surface area contributed by atoms with Crippen molar-refractivity contribution in [2.45, 2.75) is 59.0 Å². The molecule has 1 N–H and O–H groups in total. The highest BCUT2D eigenvalue weighted by atomic mass is 32.1. The first-order valence-electron chi connectivity index (χ1n) is 5.77. The predicted molar refractivity (Wildman–Crippen MR) is 65.3 cm³/mol. The van der Waals surface area contributed by atoms with Gasteiger partial charge in [-0.05, 0) is 20.3 Å². The zero-order chi connectivity index (χ0) is 11.3. The Morgan fingerprint density at radius 2 is 2.00 bits per heavy atom. The van der Waals surface area contributed by atoms with Gasteiger partial charge >= 0.3 is 0 Å². The monoisotopic (exact) mass is 227 g/mol. The highest BCUT2D eigenvalue weighted by molar-refractivity contribution is 7.11. The maximum absolute atomic E-state index is 9.98. The van der Waals surface area contributed by atoms with Crippen LogP contribution in [0.3, 0.4) is 0 Å². The van der Waals surface area contributed by atoms with Crippen molar-refractivity contribution in [1.29, 1.82) is 0 Å². The minimum atomic E-state index is -0.298. The fraction of sp³-hybridized carbons (Fsp3) is 0.750. The summed E-state index contributed by atoms with van der Waals surface area (Å²) in [6.07, 6.45) is 5.44. The van der Waals surface area contributed by atoms with Crippen molar-refractivity contribution in [3.8, 4) is 0 Å². The average Bonchev–Trinajstić information content (AvgIpc) is 2.52. The van der Waals surface area contributed by atoms with Gasteiger partial charge in [0.1, 0.15) is 0 Å². The van der Waals surface area contributed by atoms with Gasteiger partial charge in [0.15, 0.2) is 0 Å². The van der Waals surface area contributed by atoms with Crippen molar-refractivity contribution in [2.75, 3.05) is 0 Å². The molecule has 1 aromatic heterocycles. The summed E-state index contributed by atoms with van der Waals surface area (Å²) in [6, 6.07) is 0. The van der Waals surface area contributed by atoms with Gasteiger partial charge in [0, 0.05) is 0 Å². The van der Waals surface area contributed by atoms with Gasteiger partial charge in [0.25, 0.3) is 0 Å². The SMILES string of the molecule is CCCCCCC(O)c1sc(C)nc1C. The summed E-state index contributed by atoms with van der Waals surface area (Å²) in [5, 5.41) is 11.0. The zero-order valence-electron chi connectivity index (χ0n) is 9.92. The van der Waals surface area contributed by atoms with Crippen LogP contribution in [-0.4, -0.2) is 10.1 Å². The molecule has 1 atom stereocenters. The Hall–Kier alpha value is -0.410. The topological polar surface area (TPSA) is 33.1 Å². The Bertz CT molecular complexity index is 296. The number of rotatable bonds is 6. The number of aliphatic hydroxyl groups excluding tert-OH is 1. The summed E-state index contributed by atoms with van der Waals surface area (Å²) in [4.78, 5) is 5.39. The molecule has 0 aliphatic heterocycles. The minimum Gasteiger partial charge on any atom is -0.388 e. The van der Waals surface area contributed by atoms with E-state index >= 15 is 0 Å². The van der Waals surface area contributed by atoms with Gasteiger partial charge < -0.3 is 5.11 Å². The first-order chi connectivity index (χ1) is 7.15. The third-order valence-corrected chi connectivity index (χ3v) is 3.75. The van der Waals surface area contributed by atoms with Crippen LogP contribution in [0.1, 0.15) is 60.7 Å². The molecule has 1 rings (SSSR count). The molecule has 0 saturated heterocycles. The molecule has 15 heavy (non-hydrogen) atoms. The number of aryl methyl sites for hydroxylation is 2. The Labute approximate surface area is 96.4 Å². The third kappa shape index (κ3) is 3.92. The van der Waals surface area contributed by atoms with E-state index < -0.39 is 0 Å². The second-order valence-electron chi connectivity index (χ2n) is 4.05. The summed E-state index contributed by atoms with van der Waals surface area (Å²) < 4.78 is 0. The van der Waals surface area contributed by atoms with Crippen LogP contribution in [0.15, 0.2) is 0 Å². The molecule has 1 unspecified atom stereocenters. The predicted octanol–water partition coefficient (Wildman–Crippen LogP) is 3.76. The molecular weight excluding hydrogens is 206 g/mol. The molecule has 1 aromatic rings. The van der Waals surface area contributed by atoms with E-state index in [0.29, 0.717) is 0 Å². The number of unbranched alkanes of at least 4 members (excludes halogenated alkanes) is 3. The minimum absolute atomic E-state index is 0.298. The quantitative estimate of drug-likeness (QED) is 0.751. The van der Waals surface area contributed by atoms with Crippen LogP contribution in [0.25, 0.3) is 0 Å². The molecule has 3 heteroatoms. The van der Waals surface area contributed by atoms with Crippen molar-refractivity contribution in [3.63, 3.8) is 0 Å². The van der Waals surface area contributed by atoms with Gasteiger partial charge in [0.05, 0.1) is 21.7 Å². The molecule has 2 nitrogen and oxygen atoms in total. The standard InChI is InChI=1S/C12H21NOS/c1-4-5-6-7-8-11(14)12-9(2)13-10(3)15-12/h11,14H,4-8H2,1-3H3. The Kier molecular flexibility index (Phi) is 5.26. The van der Waals surface area contributed by atoms with Crippen LogP contribution < -0.4 is 0 Å². The van der Waals surface area contributed by atoms with Crippen molar-refractivity contribution < 1.29 is 5.11 Å². The van der Waals surface area contributed by atoms with Crippen LogP contribution in [0.2, 0.25) is 0 Å². The van der Waals surface area contributed by atoms with Crippen LogP contribution in [-0.2, 0) is 0 Å². The third-order valence-electron chi connectivity index (χ3n) is 2.57. The largest absolute Gasteiger partial charge is 0.388 e. The second-order valence-corrected chi connectivity index (χ2v) is 5.28. The summed E-state index contributed by atoms with van der Waals surface area (Å²) in [7, 11) is 0. The summed E-state index contributed by atoms with van der Waals surface area (Å²) >= 11 is 1.63. The maximum Gasteiger partial charge on any atom is 0.0901 e. The lowest BCUT2D eigenvalue weighted by Gasteiger charge is -2.08. The molecule has 0 spiro atoms. The van der Waals surface area contributed by atoms with Crippen molar-refractivity contribution in [3.05, 3.63) is 15.6 Å². The molecule has 0 saturated carbocycles. The second kappa shape index (κ2) is 6.23. The zero-order valence-corrected chi connectivity index (χ0v) is 10.7. The smallest absolute Gasteiger partial charge is 0.0901 e. The van der Waals surface area contributed by atoms with Gasteiger partial charge in [-0.25, -0.2) is 4.98 Å². The summed E-state index contributed by atoms with van der Waals surface area (Å²) in [5.74, 6) is 0. The van der Waals surface area contributed by atoms with E-state index in [2.05, 4.69) is 11.9 Å². The normalized spacial score (nSPS) is 13.1. The van der Waals surface area contributed by atoms with E-state index in [1.807, 2.05) is 13.8 Å². The first-order valence-corrected chi connectivity index (χ1v) is 6.58. The fourth-order valence-electron chi connectivity index (χ4n) is 1.75. The summed E-state index contributed by atoms with van der Waals surface area (Å²) in [5.41, 5.74) is 1.00. The number of aliphatic hydroxyl groups is 1. The Morgan fingerprint density at radius 3 is 2.53 bits per heavy atom. The van der Waals surface area contributed by atoms with E-state index in [-0.39, 0.29) is 6.10 Å². The molecule has 0 aromatic carbocycles. The van der Waals surface area contributed by atoms with E-state index in [0.717, 1.165) is 28.4 Å². The molecule has 0 bridgehead atoms. The Morgan fingerprint density at radius 1 is 1.27 bits per heavy atom. The fourth-order valence-corrected chi connectivity index (χ4v) is 2.70. The lowest BCUT2D eigenvalue weighted by Crippen LogP contribution is -1.96. The molecule has 0 aliphatic rings. The van der Waals surface area contributed by atoms with Crippen LogP contribution in [0.5, 0.6) is 0 Å². The molecule has 0 fully saturated rings. The van der Waals surface area contributed by atoms with E-state index in [1.165, 1.54) is 19.3 Å².